The third kappa shape index (κ3) is 3.56. The monoisotopic (exact) mass is 212 g/mol. The molecule has 0 aromatic rings. The maximum atomic E-state index is 3.28. The van der Waals surface area contributed by atoms with Gasteiger partial charge in [0.2, 0.25) is 0 Å². The molecule has 0 aromatic carbocycles. The highest BCUT2D eigenvalue weighted by atomic mass is 14.0. The second-order valence-corrected chi connectivity index (χ2v) is 3.71. The average molecular weight is 212 g/mol. The second-order valence-electron chi connectivity index (χ2n) is 3.71. The largest absolute Gasteiger partial charge is 0.117 e. The third-order valence-electron chi connectivity index (χ3n) is 2.48. The molecule has 0 radical (unpaired) electrons. The van der Waals surface area contributed by atoms with Crippen LogP contribution in [0.4, 0.5) is 0 Å². The van der Waals surface area contributed by atoms with Crippen molar-refractivity contribution >= 4 is 0 Å². The molecule has 0 saturated heterocycles. The van der Waals surface area contributed by atoms with Gasteiger partial charge in [-0.3, -0.25) is 0 Å². The van der Waals surface area contributed by atoms with Crippen molar-refractivity contribution in [2.24, 2.45) is 0 Å². The van der Waals surface area contributed by atoms with E-state index >= 15 is 0 Å². The van der Waals surface area contributed by atoms with Gasteiger partial charge in [0.15, 0.2) is 0 Å². The zero-order chi connectivity index (χ0) is 11.8. The van der Waals surface area contributed by atoms with Gasteiger partial charge in [-0.2, -0.15) is 0 Å². The SMILES string of the molecule is C/C=C\C(=C/CC)C1=CC=C=C(CC)C=C1. The first kappa shape index (κ1) is 12.5. The fourth-order valence-corrected chi connectivity index (χ4v) is 1.63. The molecule has 0 heterocycles. The summed E-state index contributed by atoms with van der Waals surface area (Å²) >= 11 is 0. The molecule has 0 saturated carbocycles. The molecule has 0 N–H and O–H groups in total. The predicted molar refractivity (Wildman–Crippen MR) is 72.3 cm³/mol. The van der Waals surface area contributed by atoms with Crippen LogP contribution in [-0.4, -0.2) is 0 Å². The summed E-state index contributed by atoms with van der Waals surface area (Å²) in [5, 5.41) is 0. The summed E-state index contributed by atoms with van der Waals surface area (Å²) in [7, 11) is 0. The lowest BCUT2D eigenvalue weighted by molar-refractivity contribution is 1.15. The fourth-order valence-electron chi connectivity index (χ4n) is 1.63. The van der Waals surface area contributed by atoms with Crippen LogP contribution >= 0.6 is 0 Å². The fraction of sp³-hybridized carbons (Fsp3) is 0.312. The Morgan fingerprint density at radius 2 is 2.12 bits per heavy atom. The highest BCUT2D eigenvalue weighted by Gasteiger charge is 1.99. The summed E-state index contributed by atoms with van der Waals surface area (Å²) in [6, 6.07) is 0. The number of hydrogen-bond acceptors (Lipinski definition) is 0. The Morgan fingerprint density at radius 1 is 1.31 bits per heavy atom. The van der Waals surface area contributed by atoms with E-state index < -0.39 is 0 Å². The van der Waals surface area contributed by atoms with E-state index in [1.807, 2.05) is 6.08 Å². The molecule has 16 heavy (non-hydrogen) atoms. The number of allylic oxidation sites excluding steroid dienone is 9. The lowest BCUT2D eigenvalue weighted by Gasteiger charge is -2.02. The molecule has 0 aromatic heterocycles. The van der Waals surface area contributed by atoms with Crippen LogP contribution in [0, 0.1) is 0 Å². The van der Waals surface area contributed by atoms with Gasteiger partial charge in [-0.1, -0.05) is 44.2 Å². The van der Waals surface area contributed by atoms with Gasteiger partial charge in [0.25, 0.3) is 0 Å². The van der Waals surface area contributed by atoms with Gasteiger partial charge < -0.3 is 0 Å². The molecule has 1 aliphatic rings. The summed E-state index contributed by atoms with van der Waals surface area (Å²) in [5.41, 5.74) is 7.08. The van der Waals surface area contributed by atoms with Gasteiger partial charge in [0, 0.05) is 0 Å². The van der Waals surface area contributed by atoms with Crippen LogP contribution in [0.1, 0.15) is 33.6 Å². The maximum absolute atomic E-state index is 3.28. The molecule has 0 aliphatic heterocycles. The number of hydrogen-bond donors (Lipinski definition) is 0. The topological polar surface area (TPSA) is 0 Å². The van der Waals surface area contributed by atoms with Gasteiger partial charge in [0.05, 0.1) is 0 Å². The van der Waals surface area contributed by atoms with E-state index in [0.29, 0.717) is 0 Å². The molecule has 0 heteroatoms. The molecule has 1 rings (SSSR count). The van der Waals surface area contributed by atoms with Crippen LogP contribution in [0.25, 0.3) is 0 Å². The molecular formula is C16H20. The van der Waals surface area contributed by atoms with Crippen molar-refractivity contribution in [2.45, 2.75) is 33.6 Å². The summed E-state index contributed by atoms with van der Waals surface area (Å²) in [6.45, 7) is 6.37. The first-order valence-electron chi connectivity index (χ1n) is 5.99. The molecule has 1 aliphatic carbocycles. The van der Waals surface area contributed by atoms with Gasteiger partial charge in [-0.05, 0) is 48.6 Å². The first-order valence-corrected chi connectivity index (χ1v) is 5.99. The zero-order valence-electron chi connectivity index (χ0n) is 10.5. The van der Waals surface area contributed by atoms with Gasteiger partial charge in [-0.25, -0.2) is 0 Å². The summed E-state index contributed by atoms with van der Waals surface area (Å²) in [4.78, 5) is 0. The van der Waals surface area contributed by atoms with Crippen LogP contribution in [0.3, 0.4) is 0 Å². The zero-order valence-corrected chi connectivity index (χ0v) is 10.5. The molecular weight excluding hydrogens is 192 g/mol. The van der Waals surface area contributed by atoms with Crippen molar-refractivity contribution < 1.29 is 0 Å². The van der Waals surface area contributed by atoms with Crippen molar-refractivity contribution in [3.63, 3.8) is 0 Å². The maximum Gasteiger partial charge on any atom is -0.00629 e. The average Bonchev–Trinajstić information content (AvgIpc) is 2.53. The Bertz CT molecular complexity index is 405. The van der Waals surface area contributed by atoms with E-state index in [0.717, 1.165) is 12.8 Å². The highest BCUT2D eigenvalue weighted by molar-refractivity contribution is 5.50. The molecule has 0 unspecified atom stereocenters. The normalized spacial score (nSPS) is 16.3. The minimum absolute atomic E-state index is 1.03. The molecule has 0 atom stereocenters. The molecule has 0 bridgehead atoms. The second kappa shape index (κ2) is 6.87. The Morgan fingerprint density at radius 3 is 2.75 bits per heavy atom. The van der Waals surface area contributed by atoms with Crippen molar-refractivity contribution in [3.8, 4) is 0 Å². The van der Waals surface area contributed by atoms with E-state index in [-0.39, 0.29) is 0 Å². The Balaban J connectivity index is 2.96. The van der Waals surface area contributed by atoms with Crippen LogP contribution < -0.4 is 0 Å². The quantitative estimate of drug-likeness (QED) is 0.460. The predicted octanol–water partition coefficient (Wildman–Crippen LogP) is 4.89. The van der Waals surface area contributed by atoms with Gasteiger partial charge in [-0.15, -0.1) is 5.73 Å². The summed E-state index contributed by atoms with van der Waals surface area (Å²) in [5.74, 6) is 0. The van der Waals surface area contributed by atoms with Gasteiger partial charge >= 0.3 is 0 Å². The molecule has 0 fully saturated rings. The van der Waals surface area contributed by atoms with Crippen molar-refractivity contribution in [3.05, 3.63) is 65.0 Å². The minimum atomic E-state index is 1.03. The van der Waals surface area contributed by atoms with Crippen LogP contribution in [0.2, 0.25) is 0 Å². The van der Waals surface area contributed by atoms with Crippen LogP contribution in [0.5, 0.6) is 0 Å². The summed E-state index contributed by atoms with van der Waals surface area (Å²) < 4.78 is 0. The van der Waals surface area contributed by atoms with Gasteiger partial charge in [0.1, 0.15) is 0 Å². The Labute approximate surface area is 99.1 Å². The molecule has 0 nitrogen and oxygen atoms in total. The number of rotatable bonds is 4. The van der Waals surface area contributed by atoms with Crippen molar-refractivity contribution in [1.29, 1.82) is 0 Å². The standard InChI is InChI=1S/C16H20/c1-4-8-15(9-5-2)16-11-7-10-14(6-3)12-13-16/h4,7-9,11-13H,5-6H2,1-3H3/b8-4-,15-9+. The lowest BCUT2D eigenvalue weighted by Crippen LogP contribution is -1.83. The molecule has 0 amide bonds. The van der Waals surface area contributed by atoms with Crippen LogP contribution in [0.15, 0.2) is 65.0 Å². The third-order valence-corrected chi connectivity index (χ3v) is 2.48. The molecule has 0 spiro atoms. The van der Waals surface area contributed by atoms with E-state index in [1.165, 1.54) is 16.7 Å². The van der Waals surface area contributed by atoms with E-state index in [4.69, 9.17) is 0 Å². The Hall–Kier alpha value is -1.52. The first-order chi connectivity index (χ1) is 7.81. The minimum Gasteiger partial charge on any atom is -0.117 e. The highest BCUT2D eigenvalue weighted by Crippen LogP contribution is 2.18. The molecule has 84 valence electrons. The smallest absolute Gasteiger partial charge is 0.00629 e. The van der Waals surface area contributed by atoms with E-state index in [9.17, 15) is 0 Å². The summed E-state index contributed by atoms with van der Waals surface area (Å²) in [6.07, 6.45) is 17.1. The van der Waals surface area contributed by atoms with Crippen molar-refractivity contribution in [2.75, 3.05) is 0 Å². The Kier molecular flexibility index (Phi) is 5.39. The van der Waals surface area contributed by atoms with Crippen LogP contribution in [-0.2, 0) is 0 Å². The van der Waals surface area contributed by atoms with E-state index in [1.54, 1.807) is 0 Å². The van der Waals surface area contributed by atoms with E-state index in [2.05, 4.69) is 63.0 Å². The lowest BCUT2D eigenvalue weighted by atomic mass is 10.0. The van der Waals surface area contributed by atoms with Crippen molar-refractivity contribution in [1.82, 2.24) is 0 Å².